The van der Waals surface area contributed by atoms with E-state index in [0.29, 0.717) is 29.9 Å². The summed E-state index contributed by atoms with van der Waals surface area (Å²) in [6, 6.07) is 13.8. The predicted octanol–water partition coefficient (Wildman–Crippen LogP) is 8.00. The second-order valence-corrected chi connectivity index (χ2v) is 9.66. The lowest BCUT2D eigenvalue weighted by Crippen LogP contribution is -2.24. The van der Waals surface area contributed by atoms with Crippen LogP contribution in [0.15, 0.2) is 70.3 Å². The Balaban J connectivity index is 1.26. The molecule has 0 saturated heterocycles. The number of rotatable bonds is 5. The Hall–Kier alpha value is -4.10. The summed E-state index contributed by atoms with van der Waals surface area (Å²) in [5.41, 5.74) is 6.26. The number of hydrazone groups is 1. The molecule has 0 unspecified atom stereocenters. The number of alkyl halides is 6. The van der Waals surface area contributed by atoms with E-state index in [0.717, 1.165) is 40.5 Å². The van der Waals surface area contributed by atoms with Crippen molar-refractivity contribution in [2.24, 2.45) is 5.10 Å². The monoisotopic (exact) mass is 610 g/mol. The van der Waals surface area contributed by atoms with Gasteiger partial charge in [0.15, 0.2) is 10.9 Å². The molecule has 1 aromatic heterocycles. The highest BCUT2D eigenvalue weighted by Gasteiger charge is 2.32. The Kier molecular flexibility index (Phi) is 7.66. The third kappa shape index (κ3) is 6.63. The second-order valence-electron chi connectivity index (χ2n) is 8.84. The van der Waals surface area contributed by atoms with E-state index in [1.807, 2.05) is 12.1 Å². The minimum Gasteiger partial charge on any atom is -0.406 e. The van der Waals surface area contributed by atoms with Crippen LogP contribution in [0.4, 0.5) is 32.0 Å². The van der Waals surface area contributed by atoms with Crippen molar-refractivity contribution in [1.29, 1.82) is 0 Å². The predicted molar refractivity (Wildman–Crippen MR) is 145 cm³/mol. The first-order valence-electron chi connectivity index (χ1n) is 11.8. The molecule has 6 nitrogen and oxygen atoms in total. The molecule has 0 fully saturated rings. The molecule has 1 aliphatic rings. The number of thiocarbonyl (C=S) groups is 1. The maximum absolute atomic E-state index is 13.0. The molecule has 14 heteroatoms. The van der Waals surface area contributed by atoms with Gasteiger partial charge in [-0.1, -0.05) is 28.9 Å². The fourth-order valence-electron chi connectivity index (χ4n) is 4.29. The van der Waals surface area contributed by atoms with Crippen LogP contribution in [0.25, 0.3) is 22.6 Å². The molecule has 1 heterocycles. The maximum Gasteiger partial charge on any atom is 0.573 e. The number of anilines is 1. The number of fused-ring (bicyclic) bond motifs is 3. The van der Waals surface area contributed by atoms with E-state index in [1.54, 1.807) is 6.07 Å². The van der Waals surface area contributed by atoms with Gasteiger partial charge in [0.1, 0.15) is 11.4 Å². The molecule has 0 radical (unpaired) electrons. The van der Waals surface area contributed by atoms with Gasteiger partial charge in [0.2, 0.25) is 0 Å². The van der Waals surface area contributed by atoms with Gasteiger partial charge in [-0.3, -0.25) is 5.43 Å². The first kappa shape index (κ1) is 28.4. The molecule has 4 aromatic rings. The largest absolute Gasteiger partial charge is 0.573 e. The van der Waals surface area contributed by atoms with E-state index < -0.39 is 18.1 Å². The average Bonchev–Trinajstić information content (AvgIpc) is 3.33. The quantitative estimate of drug-likeness (QED) is 0.103. The number of hydrogen-bond donors (Lipinski definition) is 2. The van der Waals surface area contributed by atoms with Gasteiger partial charge in [0, 0.05) is 16.7 Å². The number of nitrogens with one attached hydrogen (secondary N) is 2. The van der Waals surface area contributed by atoms with Crippen LogP contribution in [-0.2, 0) is 19.0 Å². The molecule has 41 heavy (non-hydrogen) atoms. The van der Waals surface area contributed by atoms with Crippen molar-refractivity contribution >= 4 is 40.8 Å². The molecule has 2 N–H and O–H groups in total. The minimum atomic E-state index is -4.78. The summed E-state index contributed by atoms with van der Waals surface area (Å²) < 4.78 is 85.8. The Labute approximate surface area is 238 Å². The number of aromatic nitrogens is 1. The molecule has 0 amide bonds. The third-order valence-corrected chi connectivity index (χ3v) is 6.61. The van der Waals surface area contributed by atoms with Crippen LogP contribution in [0.5, 0.6) is 5.75 Å². The Bertz CT molecular complexity index is 1630. The number of benzene rings is 3. The molecule has 3 aromatic carbocycles. The number of nitrogens with zero attached hydrogens (tertiary/aromatic N) is 2. The molecule has 212 valence electrons. The zero-order valence-electron chi connectivity index (χ0n) is 20.5. The van der Waals surface area contributed by atoms with Crippen LogP contribution < -0.4 is 15.5 Å². The molecular weight excluding hydrogens is 594 g/mol. The van der Waals surface area contributed by atoms with E-state index >= 15 is 0 Å². The lowest BCUT2D eigenvalue weighted by Gasteiger charge is -2.16. The van der Waals surface area contributed by atoms with E-state index in [9.17, 15) is 26.3 Å². The zero-order chi connectivity index (χ0) is 29.4. The van der Waals surface area contributed by atoms with Crippen molar-refractivity contribution in [2.45, 2.75) is 25.4 Å². The van der Waals surface area contributed by atoms with Crippen LogP contribution in [-0.4, -0.2) is 22.8 Å². The first-order chi connectivity index (χ1) is 19.4. The molecule has 0 spiro atoms. The Morgan fingerprint density at radius 3 is 2.46 bits per heavy atom. The topological polar surface area (TPSA) is 71.7 Å². The van der Waals surface area contributed by atoms with Crippen LogP contribution in [0.3, 0.4) is 0 Å². The molecule has 0 atom stereocenters. The van der Waals surface area contributed by atoms with Gasteiger partial charge >= 0.3 is 12.5 Å². The van der Waals surface area contributed by atoms with E-state index in [-0.39, 0.29) is 21.6 Å². The van der Waals surface area contributed by atoms with Crippen LogP contribution in [0.1, 0.15) is 22.3 Å². The van der Waals surface area contributed by atoms with Crippen LogP contribution >= 0.6 is 23.8 Å². The summed E-state index contributed by atoms with van der Waals surface area (Å²) in [6.07, 6.45) is -6.58. The van der Waals surface area contributed by atoms with Gasteiger partial charge in [0.05, 0.1) is 22.5 Å². The molecule has 0 saturated carbocycles. The summed E-state index contributed by atoms with van der Waals surface area (Å²) in [4.78, 5) is 0. The zero-order valence-corrected chi connectivity index (χ0v) is 22.1. The highest BCUT2D eigenvalue weighted by Crippen LogP contribution is 2.39. The summed E-state index contributed by atoms with van der Waals surface area (Å²) >= 11 is 11.1. The molecule has 5 rings (SSSR count). The summed E-state index contributed by atoms with van der Waals surface area (Å²) in [5, 5.41) is 10.8. The highest BCUT2D eigenvalue weighted by molar-refractivity contribution is 7.80. The van der Waals surface area contributed by atoms with Crippen molar-refractivity contribution in [3.8, 4) is 28.3 Å². The van der Waals surface area contributed by atoms with Gasteiger partial charge in [0.25, 0.3) is 0 Å². The normalized spacial score (nSPS) is 13.0. The summed E-state index contributed by atoms with van der Waals surface area (Å²) in [6.45, 7) is 0. The number of aryl methyl sites for hydroxylation is 1. The van der Waals surface area contributed by atoms with Gasteiger partial charge in [-0.2, -0.15) is 18.3 Å². The lowest BCUT2D eigenvalue weighted by atomic mass is 9.87. The van der Waals surface area contributed by atoms with Crippen LogP contribution in [0.2, 0.25) is 5.02 Å². The smallest absolute Gasteiger partial charge is 0.406 e. The van der Waals surface area contributed by atoms with Crippen LogP contribution in [0, 0.1) is 0 Å². The second kappa shape index (κ2) is 11.1. The maximum atomic E-state index is 13.0. The fourth-order valence-corrected chi connectivity index (χ4v) is 4.62. The minimum absolute atomic E-state index is 0.0173. The number of hydrogen-bond acceptors (Lipinski definition) is 5. The van der Waals surface area contributed by atoms with Gasteiger partial charge in [-0.15, -0.1) is 13.2 Å². The van der Waals surface area contributed by atoms with Crippen molar-refractivity contribution in [1.82, 2.24) is 10.6 Å². The lowest BCUT2D eigenvalue weighted by molar-refractivity contribution is -0.274. The Morgan fingerprint density at radius 1 is 1.00 bits per heavy atom. The van der Waals surface area contributed by atoms with Crippen molar-refractivity contribution in [3.05, 3.63) is 87.9 Å². The highest BCUT2D eigenvalue weighted by atomic mass is 35.5. The third-order valence-electron chi connectivity index (χ3n) is 6.09. The molecule has 1 aliphatic carbocycles. The van der Waals surface area contributed by atoms with E-state index in [1.165, 1.54) is 30.5 Å². The van der Waals surface area contributed by atoms with Gasteiger partial charge in [-0.05, 0) is 84.7 Å². The SMILES string of the molecule is FC(F)(F)Oc1ccc(-c2onc3c2CCc2cc(/C=N/NC(=S)Nc4cc(C(F)(F)F)ccc4Cl)ccc2-3)cc1. The van der Waals surface area contributed by atoms with Gasteiger partial charge in [-0.25, -0.2) is 0 Å². The van der Waals surface area contributed by atoms with Gasteiger partial charge < -0.3 is 14.6 Å². The van der Waals surface area contributed by atoms with Crippen molar-refractivity contribution in [2.75, 3.05) is 5.32 Å². The summed E-state index contributed by atoms with van der Waals surface area (Å²) in [7, 11) is 0. The van der Waals surface area contributed by atoms with E-state index in [2.05, 4.69) is 25.7 Å². The fraction of sp³-hybridized carbons (Fsp3) is 0.148. The Morgan fingerprint density at radius 2 is 1.76 bits per heavy atom. The molecule has 0 aliphatic heterocycles. The number of halogens is 7. The van der Waals surface area contributed by atoms with E-state index in [4.69, 9.17) is 28.3 Å². The van der Waals surface area contributed by atoms with Crippen molar-refractivity contribution in [3.63, 3.8) is 0 Å². The standard InChI is InChI=1S/C27H17ClF6N4O2S/c28-21-10-5-17(26(29,30)31)12-22(21)36-25(41)37-35-13-14-1-8-19-16(11-14)4-9-20-23(19)38-40-24(20)15-2-6-18(7-3-15)39-27(32,33)34/h1-3,5-8,10-13H,4,9H2,(H2,36,37,41)/b35-13+. The molecular formula is C27H17ClF6N4O2S. The first-order valence-corrected chi connectivity index (χ1v) is 12.6. The summed E-state index contributed by atoms with van der Waals surface area (Å²) in [5.74, 6) is 0.139. The number of ether oxygens (including phenoxy) is 1. The average molecular weight is 611 g/mol. The molecule has 0 bridgehead atoms. The van der Waals surface area contributed by atoms with Crippen molar-refractivity contribution < 1.29 is 35.6 Å².